The molecule has 70 heavy (non-hydrogen) atoms. The van der Waals surface area contributed by atoms with Crippen LogP contribution in [0.1, 0.15) is 105 Å². The highest BCUT2D eigenvalue weighted by Crippen LogP contribution is 2.13. The molecule has 9 atom stereocenters. The molecule has 0 saturated carbocycles. The van der Waals surface area contributed by atoms with Gasteiger partial charge >= 0.3 is 5.97 Å². The normalized spacial score (nSPS) is 15.0. The largest absolute Gasteiger partial charge is 0.480 e. The second-order valence-electron chi connectivity index (χ2n) is 18.2. The first kappa shape index (κ1) is 62.0. The van der Waals surface area contributed by atoms with Gasteiger partial charge in [0.25, 0.3) is 0 Å². The first-order chi connectivity index (χ1) is 32.9. The van der Waals surface area contributed by atoms with Crippen molar-refractivity contribution in [2.75, 3.05) is 18.8 Å². The van der Waals surface area contributed by atoms with Crippen LogP contribution in [0.4, 0.5) is 0 Å². The maximum atomic E-state index is 14.1. The number of aliphatic imine (C=N–C) groups is 1. The number of carboxylic acids is 1. The molecule has 0 bridgehead atoms. The minimum atomic E-state index is -1.60. The first-order valence-electron chi connectivity index (χ1n) is 23.7. The standard InChI is InChI=1S/C46H79N13O10S/c1-7-27(6)37(45(68)69)59-44(67)35(24-70)58-40(63)31(17-13-19-52-46(50)51)54-41(64)32(20-25(2)3)55-42(65)33(21-26(4)5)56-43(66)34(23-36(49)60)57-39(62)30(16-11-12-18-47)53-38(61)29(48)22-28-14-9-8-10-15-28/h8-10,14-15,25-27,29-35,37,70H,7,11-13,16-24,47-48H2,1-6H3,(H2,49,60)(H,53,61)(H,54,64)(H,55,65)(H,56,66)(H,57,62)(H,58,63)(H,59,67)(H,68,69)(H4,50,51,52)/t27-,29-,30-,31-,32-,33-,34-,35-,37-/m0/s1. The third-order valence-electron chi connectivity index (χ3n) is 11.1. The maximum absolute atomic E-state index is 14.1. The van der Waals surface area contributed by atoms with E-state index in [1.165, 1.54) is 0 Å². The van der Waals surface area contributed by atoms with Crippen LogP contribution >= 0.6 is 12.6 Å². The third-order valence-corrected chi connectivity index (χ3v) is 11.5. The van der Waals surface area contributed by atoms with Gasteiger partial charge in [-0.3, -0.25) is 43.3 Å². The molecular formula is C46H79N13O10S. The van der Waals surface area contributed by atoms with Crippen LogP contribution in [0.25, 0.3) is 0 Å². The van der Waals surface area contributed by atoms with Crippen molar-refractivity contribution in [2.45, 2.75) is 154 Å². The average Bonchev–Trinajstić information content (AvgIpc) is 3.28. The fourth-order valence-electron chi connectivity index (χ4n) is 7.08. The fourth-order valence-corrected chi connectivity index (χ4v) is 7.34. The van der Waals surface area contributed by atoms with E-state index in [4.69, 9.17) is 28.7 Å². The quantitative estimate of drug-likeness (QED) is 0.0156. The number of unbranched alkanes of at least 4 members (excludes halogenated alkanes) is 1. The second kappa shape index (κ2) is 32.7. The van der Waals surface area contributed by atoms with Crippen LogP contribution in [-0.4, -0.2) is 131 Å². The summed E-state index contributed by atoms with van der Waals surface area (Å²) in [5.41, 5.74) is 29.1. The highest BCUT2D eigenvalue weighted by atomic mass is 32.1. The van der Waals surface area contributed by atoms with Crippen LogP contribution in [0.15, 0.2) is 35.3 Å². The van der Waals surface area contributed by atoms with Crippen LogP contribution in [-0.2, 0) is 49.6 Å². The lowest BCUT2D eigenvalue weighted by Gasteiger charge is -2.29. The van der Waals surface area contributed by atoms with Gasteiger partial charge in [0.15, 0.2) is 5.96 Å². The Bertz CT molecular complexity index is 1900. The SMILES string of the molecule is CC[C@H](C)[C@H](NC(=O)[C@H](CS)NC(=O)[C@H](CCCN=C(N)N)NC(=O)[C@H](CC(C)C)NC(=O)[C@H](CC(C)C)NC(=O)[C@H](CC(N)=O)NC(=O)[C@H](CCCCN)NC(=O)[C@@H](N)Cc1ccccc1)C(=O)O. The van der Waals surface area contributed by atoms with Crippen LogP contribution in [0, 0.1) is 17.8 Å². The van der Waals surface area contributed by atoms with Crippen molar-refractivity contribution >= 4 is 71.8 Å². The van der Waals surface area contributed by atoms with E-state index in [-0.39, 0.29) is 68.6 Å². The predicted molar refractivity (Wildman–Crippen MR) is 268 cm³/mol. The van der Waals surface area contributed by atoms with Crippen LogP contribution in [0.3, 0.4) is 0 Å². The molecule has 0 saturated heterocycles. The summed E-state index contributed by atoms with van der Waals surface area (Å²) in [6.07, 6.45) is 1.22. The highest BCUT2D eigenvalue weighted by Gasteiger charge is 2.35. The number of carbonyl (C=O) groups excluding carboxylic acids is 8. The van der Waals surface area contributed by atoms with Crippen molar-refractivity contribution in [3.63, 3.8) is 0 Å². The van der Waals surface area contributed by atoms with E-state index in [1.807, 2.05) is 6.07 Å². The predicted octanol–water partition coefficient (Wildman–Crippen LogP) is -1.84. The minimum Gasteiger partial charge on any atom is -0.480 e. The Balaban J connectivity index is 3.42. The molecule has 23 nitrogen and oxygen atoms in total. The molecule has 0 spiro atoms. The summed E-state index contributed by atoms with van der Waals surface area (Å²) in [5.74, 6) is -9.13. The number of hydrogen-bond acceptors (Lipinski definition) is 13. The van der Waals surface area contributed by atoms with Crippen molar-refractivity contribution in [1.29, 1.82) is 0 Å². The molecule has 0 aromatic heterocycles. The molecule has 24 heteroatoms. The lowest BCUT2D eigenvalue weighted by atomic mass is 9.99. The molecule has 0 heterocycles. The van der Waals surface area contributed by atoms with E-state index >= 15 is 0 Å². The van der Waals surface area contributed by atoms with E-state index in [1.54, 1.807) is 65.8 Å². The second-order valence-corrected chi connectivity index (χ2v) is 18.6. The van der Waals surface area contributed by atoms with Gasteiger partial charge in [-0.25, -0.2) is 4.79 Å². The molecule has 0 aliphatic carbocycles. The Morgan fingerprint density at radius 3 is 1.51 bits per heavy atom. The van der Waals surface area contributed by atoms with E-state index < -0.39 is 114 Å². The molecule has 18 N–H and O–H groups in total. The average molecular weight is 1010 g/mol. The molecular weight excluding hydrogens is 927 g/mol. The Hall–Kier alpha value is -6.01. The van der Waals surface area contributed by atoms with Crippen molar-refractivity contribution in [3.05, 3.63) is 35.9 Å². The van der Waals surface area contributed by atoms with Gasteiger partial charge in [-0.15, -0.1) is 0 Å². The Kier molecular flexibility index (Phi) is 29.0. The molecule has 1 aromatic rings. The van der Waals surface area contributed by atoms with E-state index in [9.17, 15) is 48.3 Å². The molecule has 8 amide bonds. The molecule has 394 valence electrons. The van der Waals surface area contributed by atoms with Gasteiger partial charge in [0, 0.05) is 12.3 Å². The molecule has 1 rings (SSSR count). The number of nitrogens with zero attached hydrogens (tertiary/aromatic N) is 1. The number of carbonyl (C=O) groups is 9. The summed E-state index contributed by atoms with van der Waals surface area (Å²) in [4.78, 5) is 124. The minimum absolute atomic E-state index is 0.0324. The van der Waals surface area contributed by atoms with Gasteiger partial charge in [0.05, 0.1) is 12.5 Å². The van der Waals surface area contributed by atoms with Gasteiger partial charge < -0.3 is 71.0 Å². The lowest BCUT2D eigenvalue weighted by Crippen LogP contribution is -2.61. The number of guanidine groups is 1. The van der Waals surface area contributed by atoms with Crippen LogP contribution < -0.4 is 65.9 Å². The number of benzene rings is 1. The van der Waals surface area contributed by atoms with E-state index in [2.05, 4.69) is 54.8 Å². The Morgan fingerprint density at radius 2 is 1.06 bits per heavy atom. The summed E-state index contributed by atoms with van der Waals surface area (Å²) in [6.45, 7) is 10.9. The summed E-state index contributed by atoms with van der Waals surface area (Å²) in [5, 5.41) is 27.8. The number of carboxylic acid groups (broad SMARTS) is 1. The van der Waals surface area contributed by atoms with Crippen LogP contribution in [0.2, 0.25) is 0 Å². The summed E-state index contributed by atoms with van der Waals surface area (Å²) in [6, 6.07) is -1.27. The molecule has 0 radical (unpaired) electrons. The van der Waals surface area contributed by atoms with Gasteiger partial charge in [-0.05, 0) is 81.2 Å². The molecule has 0 aliphatic rings. The Morgan fingerprint density at radius 1 is 0.614 bits per heavy atom. The maximum Gasteiger partial charge on any atom is 0.326 e. The third kappa shape index (κ3) is 24.0. The Labute approximate surface area is 416 Å². The highest BCUT2D eigenvalue weighted by molar-refractivity contribution is 7.80. The zero-order valence-electron chi connectivity index (χ0n) is 41.3. The zero-order chi connectivity index (χ0) is 53.1. The zero-order valence-corrected chi connectivity index (χ0v) is 42.2. The number of hydrogen-bond donors (Lipinski definition) is 14. The van der Waals surface area contributed by atoms with E-state index in [0.717, 1.165) is 5.56 Å². The van der Waals surface area contributed by atoms with E-state index in [0.29, 0.717) is 25.8 Å². The smallest absolute Gasteiger partial charge is 0.326 e. The van der Waals surface area contributed by atoms with Crippen molar-refractivity contribution in [3.8, 4) is 0 Å². The van der Waals surface area contributed by atoms with Crippen molar-refractivity contribution in [1.82, 2.24) is 37.2 Å². The first-order valence-corrected chi connectivity index (χ1v) is 24.4. The van der Waals surface area contributed by atoms with Gasteiger partial charge in [0.1, 0.15) is 42.3 Å². The summed E-state index contributed by atoms with van der Waals surface area (Å²) < 4.78 is 0. The molecule has 0 aliphatic heterocycles. The monoisotopic (exact) mass is 1010 g/mol. The summed E-state index contributed by atoms with van der Waals surface area (Å²) in [7, 11) is 0. The lowest BCUT2D eigenvalue weighted by molar-refractivity contribution is -0.143. The number of nitrogens with two attached hydrogens (primary N) is 5. The van der Waals surface area contributed by atoms with Gasteiger partial charge in [-0.1, -0.05) is 78.3 Å². The van der Waals surface area contributed by atoms with Gasteiger partial charge in [-0.2, -0.15) is 12.6 Å². The number of nitrogens with one attached hydrogen (secondary N) is 7. The molecule has 1 aromatic carbocycles. The number of thiol groups is 1. The number of amides is 8. The summed E-state index contributed by atoms with van der Waals surface area (Å²) >= 11 is 4.20. The van der Waals surface area contributed by atoms with Gasteiger partial charge in [0.2, 0.25) is 47.3 Å². The van der Waals surface area contributed by atoms with Crippen molar-refractivity contribution in [2.24, 2.45) is 51.4 Å². The topological polar surface area (TPSA) is 401 Å². The number of primary amides is 1. The number of aliphatic carboxylic acids is 1. The fraction of sp³-hybridized carbons (Fsp3) is 0.652. The number of rotatable bonds is 34. The molecule has 0 fully saturated rings. The van der Waals surface area contributed by atoms with Crippen molar-refractivity contribution < 1.29 is 48.3 Å². The van der Waals surface area contributed by atoms with Crippen LogP contribution in [0.5, 0.6) is 0 Å². The molecule has 0 unspecified atom stereocenters.